The van der Waals surface area contributed by atoms with Gasteiger partial charge < -0.3 is 15.2 Å². The summed E-state index contributed by atoms with van der Waals surface area (Å²) in [6.45, 7) is 2.81. The number of hydrogen-bond donors (Lipinski definition) is 2. The normalized spacial score (nSPS) is 11.3. The molecule has 0 bridgehead atoms. The van der Waals surface area contributed by atoms with Crippen molar-refractivity contribution >= 4 is 34.2 Å². The number of amides is 1. The standard InChI is InChI=1S/C22H19ClFNO4/c1-22(2,21(27)28)25-20(26)17-11-18(24)15-5-3-4-6-16(15)19(17)29-12-13-7-9-14(23)10-8-13/h3-11H,12H2,1-2H3,(H,25,26)(H,27,28). The van der Waals surface area contributed by atoms with Gasteiger partial charge in [0.05, 0.1) is 5.56 Å². The van der Waals surface area contributed by atoms with Crippen molar-refractivity contribution in [3.8, 4) is 5.75 Å². The van der Waals surface area contributed by atoms with Crippen molar-refractivity contribution in [2.75, 3.05) is 0 Å². The van der Waals surface area contributed by atoms with E-state index in [1.54, 1.807) is 48.5 Å². The Morgan fingerprint density at radius 3 is 2.34 bits per heavy atom. The zero-order valence-corrected chi connectivity index (χ0v) is 16.6. The van der Waals surface area contributed by atoms with E-state index in [4.69, 9.17) is 16.3 Å². The third-order valence-corrected chi connectivity index (χ3v) is 4.70. The lowest BCUT2D eigenvalue weighted by atomic mass is 10.0. The lowest BCUT2D eigenvalue weighted by Crippen LogP contribution is -2.49. The van der Waals surface area contributed by atoms with Crippen LogP contribution >= 0.6 is 11.6 Å². The Bertz CT molecular complexity index is 1080. The molecule has 0 unspecified atom stereocenters. The van der Waals surface area contributed by atoms with E-state index < -0.39 is 23.2 Å². The minimum atomic E-state index is -1.54. The molecule has 0 aromatic heterocycles. The Morgan fingerprint density at radius 1 is 1.10 bits per heavy atom. The van der Waals surface area contributed by atoms with Crippen LogP contribution in [-0.4, -0.2) is 22.5 Å². The number of rotatable bonds is 6. The number of aliphatic carboxylic acids is 1. The first-order valence-electron chi connectivity index (χ1n) is 8.83. The van der Waals surface area contributed by atoms with Crippen LogP contribution in [0.1, 0.15) is 29.8 Å². The summed E-state index contributed by atoms with van der Waals surface area (Å²) in [6.07, 6.45) is 0. The number of carboxylic acids is 1. The third kappa shape index (κ3) is 4.49. The fourth-order valence-electron chi connectivity index (χ4n) is 2.77. The second-order valence-electron chi connectivity index (χ2n) is 7.08. The van der Waals surface area contributed by atoms with Crippen LogP contribution in [0, 0.1) is 5.82 Å². The number of carboxylic acid groups (broad SMARTS) is 1. The maximum Gasteiger partial charge on any atom is 0.328 e. The highest BCUT2D eigenvalue weighted by molar-refractivity contribution is 6.30. The monoisotopic (exact) mass is 415 g/mol. The molecular weight excluding hydrogens is 397 g/mol. The van der Waals surface area contributed by atoms with E-state index in [-0.39, 0.29) is 17.9 Å². The van der Waals surface area contributed by atoms with Crippen LogP contribution in [0.15, 0.2) is 54.6 Å². The Kier molecular flexibility index (Phi) is 5.75. The zero-order valence-electron chi connectivity index (χ0n) is 15.8. The van der Waals surface area contributed by atoms with Crippen LogP contribution in [0.4, 0.5) is 4.39 Å². The van der Waals surface area contributed by atoms with Crippen LogP contribution in [0.25, 0.3) is 10.8 Å². The molecule has 2 N–H and O–H groups in total. The molecule has 29 heavy (non-hydrogen) atoms. The molecule has 3 rings (SSSR count). The topological polar surface area (TPSA) is 75.6 Å². The smallest absolute Gasteiger partial charge is 0.328 e. The van der Waals surface area contributed by atoms with Crippen molar-refractivity contribution in [2.24, 2.45) is 0 Å². The van der Waals surface area contributed by atoms with Gasteiger partial charge in [0.2, 0.25) is 0 Å². The van der Waals surface area contributed by atoms with E-state index in [0.717, 1.165) is 11.6 Å². The van der Waals surface area contributed by atoms with E-state index >= 15 is 0 Å². The highest BCUT2D eigenvalue weighted by Crippen LogP contribution is 2.33. The predicted octanol–water partition coefficient (Wildman–Crippen LogP) is 4.80. The van der Waals surface area contributed by atoms with E-state index in [9.17, 15) is 19.1 Å². The van der Waals surface area contributed by atoms with Crippen molar-refractivity contribution in [1.29, 1.82) is 0 Å². The van der Waals surface area contributed by atoms with Gasteiger partial charge in [-0.25, -0.2) is 9.18 Å². The SMILES string of the molecule is CC(C)(NC(=O)c1cc(F)c2ccccc2c1OCc1ccc(Cl)cc1)C(=O)O. The van der Waals surface area contributed by atoms with Crippen LogP contribution in [0.2, 0.25) is 5.02 Å². The minimum Gasteiger partial charge on any atom is -0.487 e. The van der Waals surface area contributed by atoms with Gasteiger partial charge in [-0.15, -0.1) is 0 Å². The molecule has 0 aliphatic rings. The molecule has 5 nitrogen and oxygen atoms in total. The van der Waals surface area contributed by atoms with Crippen LogP contribution in [0.5, 0.6) is 5.75 Å². The number of carbonyl (C=O) groups excluding carboxylic acids is 1. The second-order valence-corrected chi connectivity index (χ2v) is 7.52. The van der Waals surface area contributed by atoms with Gasteiger partial charge in [0.25, 0.3) is 5.91 Å². The molecule has 3 aromatic rings. The number of carbonyl (C=O) groups is 2. The highest BCUT2D eigenvalue weighted by Gasteiger charge is 2.31. The van der Waals surface area contributed by atoms with Gasteiger partial charge in [-0.3, -0.25) is 4.79 Å². The van der Waals surface area contributed by atoms with Crippen LogP contribution < -0.4 is 10.1 Å². The number of nitrogens with one attached hydrogen (secondary N) is 1. The molecule has 0 saturated heterocycles. The van der Waals surface area contributed by atoms with Gasteiger partial charge in [0.1, 0.15) is 23.7 Å². The number of benzene rings is 3. The van der Waals surface area contributed by atoms with Gasteiger partial charge in [-0.2, -0.15) is 0 Å². The number of halogens is 2. The lowest BCUT2D eigenvalue weighted by Gasteiger charge is -2.22. The molecule has 7 heteroatoms. The molecule has 0 fully saturated rings. The molecule has 1 amide bonds. The van der Waals surface area contributed by atoms with E-state index in [1.807, 2.05) is 0 Å². The van der Waals surface area contributed by atoms with Crippen LogP contribution in [-0.2, 0) is 11.4 Å². The van der Waals surface area contributed by atoms with Gasteiger partial charge >= 0.3 is 5.97 Å². The maximum atomic E-state index is 14.6. The van der Waals surface area contributed by atoms with Crippen LogP contribution in [0.3, 0.4) is 0 Å². The van der Waals surface area contributed by atoms with E-state index in [1.165, 1.54) is 13.8 Å². The lowest BCUT2D eigenvalue weighted by molar-refractivity contribution is -0.143. The van der Waals surface area contributed by atoms with Gasteiger partial charge in [0.15, 0.2) is 0 Å². The maximum absolute atomic E-state index is 14.6. The van der Waals surface area contributed by atoms with Gasteiger partial charge in [-0.1, -0.05) is 48.0 Å². The van der Waals surface area contributed by atoms with E-state index in [0.29, 0.717) is 15.8 Å². The quantitative estimate of drug-likeness (QED) is 0.606. The summed E-state index contributed by atoms with van der Waals surface area (Å²) in [4.78, 5) is 24.2. The van der Waals surface area contributed by atoms with Crippen molar-refractivity contribution < 1.29 is 23.8 Å². The third-order valence-electron chi connectivity index (χ3n) is 4.45. The number of ether oxygens (including phenoxy) is 1. The Hall–Kier alpha value is -3.12. The largest absolute Gasteiger partial charge is 0.487 e. The first kappa shape index (κ1) is 20.6. The average molecular weight is 416 g/mol. The second kappa shape index (κ2) is 8.09. The molecule has 0 atom stereocenters. The molecule has 0 saturated carbocycles. The molecular formula is C22H19ClFNO4. The summed E-state index contributed by atoms with van der Waals surface area (Å²) in [6, 6.07) is 14.7. The fourth-order valence-corrected chi connectivity index (χ4v) is 2.90. The molecule has 0 aliphatic heterocycles. The summed E-state index contributed by atoms with van der Waals surface area (Å²) in [5.74, 6) is -2.38. The average Bonchev–Trinajstić information content (AvgIpc) is 2.68. The molecule has 0 spiro atoms. The van der Waals surface area contributed by atoms with Crippen molar-refractivity contribution in [3.05, 3.63) is 76.6 Å². The van der Waals surface area contributed by atoms with Crippen molar-refractivity contribution in [1.82, 2.24) is 5.32 Å². The van der Waals surface area contributed by atoms with Gasteiger partial charge in [0, 0.05) is 15.8 Å². The highest BCUT2D eigenvalue weighted by atomic mass is 35.5. The predicted molar refractivity (Wildman–Crippen MR) is 109 cm³/mol. The van der Waals surface area contributed by atoms with Gasteiger partial charge in [-0.05, 0) is 37.6 Å². The van der Waals surface area contributed by atoms with Crippen molar-refractivity contribution in [3.63, 3.8) is 0 Å². The Morgan fingerprint density at radius 2 is 1.72 bits per heavy atom. The summed E-state index contributed by atoms with van der Waals surface area (Å²) < 4.78 is 20.5. The zero-order chi connectivity index (χ0) is 21.2. The fraction of sp³-hybridized carbons (Fsp3) is 0.182. The minimum absolute atomic E-state index is 0.0792. The van der Waals surface area contributed by atoms with E-state index in [2.05, 4.69) is 5.32 Å². The molecule has 3 aromatic carbocycles. The Balaban J connectivity index is 2.03. The van der Waals surface area contributed by atoms with Crippen molar-refractivity contribution in [2.45, 2.75) is 26.0 Å². The molecule has 150 valence electrons. The summed E-state index contributed by atoms with van der Waals surface area (Å²) in [5, 5.41) is 13.0. The summed E-state index contributed by atoms with van der Waals surface area (Å²) in [5.41, 5.74) is -0.809. The first-order valence-corrected chi connectivity index (χ1v) is 9.21. The molecule has 0 radical (unpaired) electrons. The summed E-state index contributed by atoms with van der Waals surface area (Å²) >= 11 is 5.89. The number of hydrogen-bond acceptors (Lipinski definition) is 3. The molecule has 0 heterocycles. The summed E-state index contributed by atoms with van der Waals surface area (Å²) in [7, 11) is 0. The Labute approximate surface area is 172 Å². The molecule has 0 aliphatic carbocycles. The first-order chi connectivity index (χ1) is 13.7. The number of fused-ring (bicyclic) bond motifs is 1.